The first-order valence-corrected chi connectivity index (χ1v) is 5.43. The van der Waals surface area contributed by atoms with Crippen LogP contribution >= 0.6 is 0 Å². The minimum absolute atomic E-state index is 0.221. The van der Waals surface area contributed by atoms with Crippen LogP contribution in [0.15, 0.2) is 41.3 Å². The maximum absolute atomic E-state index is 12.5. The van der Waals surface area contributed by atoms with Crippen LogP contribution in [0.4, 0.5) is 4.39 Å². The van der Waals surface area contributed by atoms with Crippen molar-refractivity contribution in [3.8, 4) is 0 Å². The molecule has 0 N–H and O–H groups in total. The number of ether oxygens (including phenoxy) is 1. The molecule has 2 aromatic rings. The molecule has 1 aromatic heterocycles. The van der Waals surface area contributed by atoms with Crippen LogP contribution in [0.5, 0.6) is 0 Å². The van der Waals surface area contributed by atoms with Crippen LogP contribution in [0.2, 0.25) is 0 Å². The van der Waals surface area contributed by atoms with Gasteiger partial charge in [0.15, 0.2) is 6.39 Å². The van der Waals surface area contributed by atoms with Gasteiger partial charge >= 0.3 is 0 Å². The average Bonchev–Trinajstić information content (AvgIpc) is 2.87. The zero-order chi connectivity index (χ0) is 13.2. The van der Waals surface area contributed by atoms with Gasteiger partial charge in [-0.1, -0.05) is 12.1 Å². The minimum Gasteiger partial charge on any atom is -0.468 e. The van der Waals surface area contributed by atoms with Gasteiger partial charge in [0.1, 0.15) is 11.6 Å². The molecule has 0 radical (unpaired) electrons. The van der Waals surface area contributed by atoms with Gasteiger partial charge in [0.2, 0.25) is 0 Å². The molecule has 0 aliphatic carbocycles. The van der Waals surface area contributed by atoms with Crippen LogP contribution in [-0.2, 0) is 16.0 Å². The Morgan fingerprint density at radius 1 is 1.39 bits per heavy atom. The van der Waals surface area contributed by atoms with Gasteiger partial charge in [-0.05, 0) is 24.6 Å². The summed E-state index contributed by atoms with van der Waals surface area (Å²) in [6, 6.07) is 6.34. The van der Waals surface area contributed by atoms with Crippen molar-refractivity contribution in [2.45, 2.75) is 13.3 Å². The second kappa shape index (κ2) is 8.00. The number of carbonyl (C=O) groups is 1. The molecular weight excluding hydrogens is 237 g/mol. The van der Waals surface area contributed by atoms with E-state index < -0.39 is 0 Å². The summed E-state index contributed by atoms with van der Waals surface area (Å²) in [6.45, 7) is 2.66. The Bertz CT molecular complexity index is 440. The van der Waals surface area contributed by atoms with E-state index in [9.17, 15) is 9.18 Å². The van der Waals surface area contributed by atoms with Crippen LogP contribution in [-0.4, -0.2) is 18.1 Å². The SMILES string of the molecule is CCOC=O.Fc1ccc(Cc2cnco2)cc1. The van der Waals surface area contributed by atoms with Gasteiger partial charge in [-0.3, -0.25) is 4.79 Å². The molecule has 0 fully saturated rings. The molecule has 1 aromatic carbocycles. The predicted molar refractivity (Wildman–Crippen MR) is 63.4 cm³/mol. The molecule has 0 bridgehead atoms. The summed E-state index contributed by atoms with van der Waals surface area (Å²) in [5, 5.41) is 0. The molecule has 4 nitrogen and oxygen atoms in total. The van der Waals surface area contributed by atoms with E-state index in [0.717, 1.165) is 11.3 Å². The molecule has 0 unspecified atom stereocenters. The Morgan fingerprint density at radius 3 is 2.56 bits per heavy atom. The summed E-state index contributed by atoms with van der Waals surface area (Å²) in [5.41, 5.74) is 1.01. The summed E-state index contributed by atoms with van der Waals surface area (Å²) in [7, 11) is 0. The average molecular weight is 251 g/mol. The van der Waals surface area contributed by atoms with E-state index in [1.165, 1.54) is 18.5 Å². The van der Waals surface area contributed by atoms with Gasteiger partial charge in [0, 0.05) is 6.42 Å². The maximum atomic E-state index is 12.5. The lowest BCUT2D eigenvalue weighted by molar-refractivity contribution is -0.128. The molecule has 0 atom stereocenters. The molecule has 0 aliphatic heterocycles. The molecular formula is C13H14FNO3. The third-order valence-electron chi connectivity index (χ3n) is 2.01. The highest BCUT2D eigenvalue weighted by Crippen LogP contribution is 2.09. The summed E-state index contributed by atoms with van der Waals surface area (Å²) < 4.78 is 21.7. The first-order valence-electron chi connectivity index (χ1n) is 5.43. The summed E-state index contributed by atoms with van der Waals surface area (Å²) in [5.74, 6) is 0.563. The van der Waals surface area contributed by atoms with Crippen molar-refractivity contribution >= 4 is 6.47 Å². The number of nitrogens with zero attached hydrogens (tertiary/aromatic N) is 1. The third kappa shape index (κ3) is 5.25. The smallest absolute Gasteiger partial charge is 0.293 e. The molecule has 0 aliphatic rings. The highest BCUT2D eigenvalue weighted by atomic mass is 19.1. The van der Waals surface area contributed by atoms with Crippen LogP contribution in [0, 0.1) is 5.82 Å². The van der Waals surface area contributed by atoms with E-state index >= 15 is 0 Å². The van der Waals surface area contributed by atoms with Crippen molar-refractivity contribution < 1.29 is 18.3 Å². The molecule has 0 spiro atoms. The molecule has 5 heteroatoms. The van der Waals surface area contributed by atoms with Gasteiger partial charge < -0.3 is 9.15 Å². The van der Waals surface area contributed by atoms with Crippen molar-refractivity contribution in [1.29, 1.82) is 0 Å². The fourth-order valence-electron chi connectivity index (χ4n) is 1.20. The topological polar surface area (TPSA) is 52.3 Å². The standard InChI is InChI=1S/C10H8FNO.C3H6O2/c11-9-3-1-8(2-4-9)5-10-6-12-7-13-10;1-2-5-3-4/h1-4,6-7H,5H2;3H,2H2,1H3. The Balaban J connectivity index is 0.000000280. The van der Waals surface area contributed by atoms with Crippen LogP contribution in [0.25, 0.3) is 0 Å². The third-order valence-corrected chi connectivity index (χ3v) is 2.01. The van der Waals surface area contributed by atoms with E-state index in [4.69, 9.17) is 4.42 Å². The van der Waals surface area contributed by atoms with E-state index in [1.807, 2.05) is 0 Å². The van der Waals surface area contributed by atoms with Crippen molar-refractivity contribution in [2.24, 2.45) is 0 Å². The highest BCUT2D eigenvalue weighted by molar-refractivity contribution is 5.36. The molecule has 18 heavy (non-hydrogen) atoms. The zero-order valence-electron chi connectivity index (χ0n) is 10.0. The summed E-state index contributed by atoms with van der Waals surface area (Å²) in [4.78, 5) is 13.0. The van der Waals surface area contributed by atoms with Crippen LogP contribution < -0.4 is 0 Å². The normalized spacial score (nSPS) is 9.22. The van der Waals surface area contributed by atoms with Gasteiger partial charge in [0.05, 0.1) is 12.8 Å². The summed E-state index contributed by atoms with van der Waals surface area (Å²) >= 11 is 0. The fourth-order valence-corrected chi connectivity index (χ4v) is 1.20. The molecule has 0 saturated heterocycles. The Labute approximate surface area is 104 Å². The van der Waals surface area contributed by atoms with Gasteiger partial charge in [-0.2, -0.15) is 0 Å². The Morgan fingerprint density at radius 2 is 2.11 bits per heavy atom. The lowest BCUT2D eigenvalue weighted by Gasteiger charge is -1.96. The summed E-state index contributed by atoms with van der Waals surface area (Å²) in [6.07, 6.45) is 3.70. The first kappa shape index (κ1) is 13.9. The number of aromatic nitrogens is 1. The monoisotopic (exact) mass is 251 g/mol. The van der Waals surface area contributed by atoms with E-state index in [1.54, 1.807) is 25.3 Å². The Hall–Kier alpha value is -2.17. The Kier molecular flexibility index (Phi) is 6.17. The van der Waals surface area contributed by atoms with Gasteiger partial charge in [-0.25, -0.2) is 9.37 Å². The van der Waals surface area contributed by atoms with Crippen molar-refractivity contribution in [2.75, 3.05) is 6.61 Å². The highest BCUT2D eigenvalue weighted by Gasteiger charge is 1.98. The fraction of sp³-hybridized carbons (Fsp3) is 0.231. The predicted octanol–water partition coefficient (Wildman–Crippen LogP) is 2.58. The number of hydrogen-bond donors (Lipinski definition) is 0. The second-order valence-electron chi connectivity index (χ2n) is 3.32. The quantitative estimate of drug-likeness (QED) is 0.784. The maximum Gasteiger partial charge on any atom is 0.293 e. The van der Waals surface area contributed by atoms with Gasteiger partial charge in [0.25, 0.3) is 6.47 Å². The number of rotatable bonds is 4. The number of halogens is 1. The lowest BCUT2D eigenvalue weighted by atomic mass is 10.1. The minimum atomic E-state index is -0.221. The van der Waals surface area contributed by atoms with E-state index in [-0.39, 0.29) is 5.82 Å². The number of hydrogen-bond acceptors (Lipinski definition) is 4. The van der Waals surface area contributed by atoms with Crippen molar-refractivity contribution in [3.05, 3.63) is 54.0 Å². The molecule has 2 rings (SSSR count). The van der Waals surface area contributed by atoms with E-state index in [0.29, 0.717) is 19.5 Å². The number of oxazole rings is 1. The lowest BCUT2D eigenvalue weighted by Crippen LogP contribution is -1.85. The van der Waals surface area contributed by atoms with Crippen LogP contribution in [0.3, 0.4) is 0 Å². The number of benzene rings is 1. The van der Waals surface area contributed by atoms with E-state index in [2.05, 4.69) is 9.72 Å². The number of carbonyl (C=O) groups excluding carboxylic acids is 1. The molecule has 1 heterocycles. The van der Waals surface area contributed by atoms with Crippen molar-refractivity contribution in [3.63, 3.8) is 0 Å². The van der Waals surface area contributed by atoms with Crippen molar-refractivity contribution in [1.82, 2.24) is 4.98 Å². The van der Waals surface area contributed by atoms with Gasteiger partial charge in [-0.15, -0.1) is 0 Å². The zero-order valence-corrected chi connectivity index (χ0v) is 10.0. The largest absolute Gasteiger partial charge is 0.468 e. The first-order chi connectivity index (χ1) is 8.76. The van der Waals surface area contributed by atoms with Crippen LogP contribution in [0.1, 0.15) is 18.2 Å². The molecule has 0 amide bonds. The second-order valence-corrected chi connectivity index (χ2v) is 3.32. The molecule has 96 valence electrons. The molecule has 0 saturated carbocycles.